The van der Waals surface area contributed by atoms with E-state index in [1.54, 1.807) is 12.1 Å². The molecule has 0 spiro atoms. The van der Waals surface area contributed by atoms with Crippen LogP contribution in [0.5, 0.6) is 0 Å². The normalized spacial score (nSPS) is 16.3. The van der Waals surface area contributed by atoms with Gasteiger partial charge in [0.05, 0.1) is 18.1 Å². The molecule has 128 valence electrons. The lowest BCUT2D eigenvalue weighted by Gasteiger charge is -2.26. The maximum Gasteiger partial charge on any atom is 0.319 e. The van der Waals surface area contributed by atoms with Crippen molar-refractivity contribution in [3.63, 3.8) is 0 Å². The fraction of sp³-hybridized carbons (Fsp3) is 0.533. The molecule has 0 saturated carbocycles. The fourth-order valence-electron chi connectivity index (χ4n) is 2.12. The summed E-state index contributed by atoms with van der Waals surface area (Å²) in [6.07, 6.45) is 0. The molecule has 8 heteroatoms. The molecule has 1 aromatic carbocycles. The smallest absolute Gasteiger partial charge is 0.319 e. The number of nitrogens with one attached hydrogen (secondary N) is 2. The van der Waals surface area contributed by atoms with Gasteiger partial charge in [0.1, 0.15) is 0 Å². The first-order chi connectivity index (χ1) is 10.9. The third-order valence-electron chi connectivity index (χ3n) is 3.39. The van der Waals surface area contributed by atoms with Crippen LogP contribution in [0.15, 0.2) is 29.2 Å². The summed E-state index contributed by atoms with van der Waals surface area (Å²) in [5.41, 5.74) is 0.548. The molecule has 0 aromatic heterocycles. The average molecular weight is 341 g/mol. The molecule has 1 heterocycles. The summed E-state index contributed by atoms with van der Waals surface area (Å²) in [5.74, 6) is 0.363. The van der Waals surface area contributed by atoms with Crippen molar-refractivity contribution in [3.05, 3.63) is 24.3 Å². The van der Waals surface area contributed by atoms with Gasteiger partial charge in [-0.25, -0.2) is 13.2 Å². The van der Waals surface area contributed by atoms with E-state index in [9.17, 15) is 13.2 Å². The molecule has 23 heavy (non-hydrogen) atoms. The van der Waals surface area contributed by atoms with Gasteiger partial charge in [-0.2, -0.15) is 4.31 Å². The van der Waals surface area contributed by atoms with Gasteiger partial charge in [-0.1, -0.05) is 13.8 Å². The van der Waals surface area contributed by atoms with Crippen LogP contribution in [-0.2, 0) is 14.8 Å². The Kier molecular flexibility index (Phi) is 5.97. The first kappa shape index (κ1) is 17.7. The molecule has 1 aliphatic rings. The van der Waals surface area contributed by atoms with Crippen LogP contribution >= 0.6 is 0 Å². The third-order valence-corrected chi connectivity index (χ3v) is 5.30. The number of anilines is 1. The molecule has 1 saturated heterocycles. The van der Waals surface area contributed by atoms with Gasteiger partial charge in [0.25, 0.3) is 0 Å². The van der Waals surface area contributed by atoms with Gasteiger partial charge < -0.3 is 15.4 Å². The molecule has 1 aromatic rings. The molecule has 7 nitrogen and oxygen atoms in total. The number of hydrogen-bond acceptors (Lipinski definition) is 4. The van der Waals surface area contributed by atoms with E-state index in [2.05, 4.69) is 10.6 Å². The second-order valence-corrected chi connectivity index (χ2v) is 7.71. The number of ether oxygens (including phenoxy) is 1. The largest absolute Gasteiger partial charge is 0.379 e. The van der Waals surface area contributed by atoms with E-state index in [0.717, 1.165) is 0 Å². The van der Waals surface area contributed by atoms with Crippen LogP contribution in [0.1, 0.15) is 13.8 Å². The number of benzene rings is 1. The molecule has 0 radical (unpaired) electrons. The molecule has 0 unspecified atom stereocenters. The van der Waals surface area contributed by atoms with Gasteiger partial charge in [-0.15, -0.1) is 0 Å². The summed E-state index contributed by atoms with van der Waals surface area (Å²) in [6, 6.07) is 5.87. The molecule has 2 N–H and O–H groups in total. The molecule has 2 amide bonds. The Morgan fingerprint density at radius 3 is 2.39 bits per heavy atom. The van der Waals surface area contributed by atoms with Gasteiger partial charge in [0.15, 0.2) is 0 Å². The van der Waals surface area contributed by atoms with E-state index >= 15 is 0 Å². The third kappa shape index (κ3) is 4.92. The van der Waals surface area contributed by atoms with Gasteiger partial charge in [-0.05, 0) is 30.2 Å². The highest BCUT2D eigenvalue weighted by Crippen LogP contribution is 2.19. The van der Waals surface area contributed by atoms with Crippen molar-refractivity contribution in [1.29, 1.82) is 0 Å². The number of hydrogen-bond donors (Lipinski definition) is 2. The average Bonchev–Trinajstić information content (AvgIpc) is 2.54. The quantitative estimate of drug-likeness (QED) is 0.849. The van der Waals surface area contributed by atoms with Crippen molar-refractivity contribution in [2.24, 2.45) is 5.92 Å². The Balaban J connectivity index is 2.00. The summed E-state index contributed by atoms with van der Waals surface area (Å²) in [5, 5.41) is 5.41. The minimum atomic E-state index is -3.50. The maximum atomic E-state index is 12.5. The van der Waals surface area contributed by atoms with Crippen LogP contribution in [0.3, 0.4) is 0 Å². The first-order valence-corrected chi connectivity index (χ1v) is 9.06. The lowest BCUT2D eigenvalue weighted by Crippen LogP contribution is -2.40. The first-order valence-electron chi connectivity index (χ1n) is 7.62. The predicted octanol–water partition coefficient (Wildman–Crippen LogP) is 1.48. The van der Waals surface area contributed by atoms with Crippen molar-refractivity contribution in [2.75, 3.05) is 38.2 Å². The number of amides is 2. The fourth-order valence-corrected chi connectivity index (χ4v) is 3.53. The molecular weight excluding hydrogens is 318 g/mol. The van der Waals surface area contributed by atoms with Crippen molar-refractivity contribution in [3.8, 4) is 0 Å². The number of urea groups is 1. The van der Waals surface area contributed by atoms with E-state index in [1.807, 2.05) is 13.8 Å². The zero-order valence-electron chi connectivity index (χ0n) is 13.4. The Morgan fingerprint density at radius 2 is 1.83 bits per heavy atom. The maximum absolute atomic E-state index is 12.5. The highest BCUT2D eigenvalue weighted by atomic mass is 32.2. The van der Waals surface area contributed by atoms with E-state index in [4.69, 9.17) is 4.74 Å². The molecule has 0 aliphatic carbocycles. The van der Waals surface area contributed by atoms with E-state index < -0.39 is 10.0 Å². The summed E-state index contributed by atoms with van der Waals surface area (Å²) < 4.78 is 31.5. The van der Waals surface area contributed by atoms with Crippen LogP contribution < -0.4 is 10.6 Å². The molecule has 2 rings (SSSR count). The SMILES string of the molecule is CC(C)CNC(=O)Nc1ccc(S(=O)(=O)N2CCOCC2)cc1. The molecule has 0 atom stereocenters. The summed E-state index contributed by atoms with van der Waals surface area (Å²) in [6.45, 7) is 6.14. The lowest BCUT2D eigenvalue weighted by molar-refractivity contribution is 0.0730. The lowest BCUT2D eigenvalue weighted by atomic mass is 10.2. The van der Waals surface area contributed by atoms with Gasteiger partial charge >= 0.3 is 6.03 Å². The number of carbonyl (C=O) groups is 1. The predicted molar refractivity (Wildman–Crippen MR) is 87.9 cm³/mol. The monoisotopic (exact) mass is 341 g/mol. The summed E-state index contributed by atoms with van der Waals surface area (Å²) in [4.78, 5) is 11.9. The van der Waals surface area contributed by atoms with Crippen molar-refractivity contribution in [2.45, 2.75) is 18.7 Å². The van der Waals surface area contributed by atoms with Crippen LogP contribution in [-0.4, -0.2) is 51.6 Å². The van der Waals surface area contributed by atoms with E-state index in [-0.39, 0.29) is 10.9 Å². The number of morpholine rings is 1. The van der Waals surface area contributed by atoms with Crippen LogP contribution in [0.25, 0.3) is 0 Å². The number of sulfonamides is 1. The minimum absolute atomic E-state index is 0.215. The Hall–Kier alpha value is -1.64. The topological polar surface area (TPSA) is 87.7 Å². The zero-order chi connectivity index (χ0) is 16.9. The minimum Gasteiger partial charge on any atom is -0.379 e. The Bertz CT molecular complexity index is 623. The van der Waals surface area contributed by atoms with Crippen molar-refractivity contribution in [1.82, 2.24) is 9.62 Å². The zero-order valence-corrected chi connectivity index (χ0v) is 14.2. The standard InChI is InChI=1S/C15H23N3O4S/c1-12(2)11-16-15(19)17-13-3-5-14(6-4-13)23(20,21)18-7-9-22-10-8-18/h3-6,12H,7-11H2,1-2H3,(H2,16,17,19). The van der Waals surface area contributed by atoms with Crippen molar-refractivity contribution >= 4 is 21.7 Å². The summed E-state index contributed by atoms with van der Waals surface area (Å²) >= 11 is 0. The second kappa shape index (κ2) is 7.76. The Labute approximate surface area is 137 Å². The van der Waals surface area contributed by atoms with Crippen LogP contribution in [0.4, 0.5) is 10.5 Å². The molecule has 1 aliphatic heterocycles. The highest BCUT2D eigenvalue weighted by molar-refractivity contribution is 7.89. The number of nitrogens with zero attached hydrogens (tertiary/aromatic N) is 1. The van der Waals surface area contributed by atoms with Gasteiger partial charge in [0, 0.05) is 25.3 Å². The number of carbonyl (C=O) groups excluding carboxylic acids is 1. The van der Waals surface area contributed by atoms with Gasteiger partial charge in [0.2, 0.25) is 10.0 Å². The molecule has 0 bridgehead atoms. The summed E-state index contributed by atoms with van der Waals surface area (Å²) in [7, 11) is -3.50. The van der Waals surface area contributed by atoms with E-state index in [0.29, 0.717) is 44.5 Å². The Morgan fingerprint density at radius 1 is 1.22 bits per heavy atom. The van der Waals surface area contributed by atoms with Crippen LogP contribution in [0.2, 0.25) is 0 Å². The molecular formula is C15H23N3O4S. The van der Waals surface area contributed by atoms with E-state index in [1.165, 1.54) is 16.4 Å². The second-order valence-electron chi connectivity index (χ2n) is 5.77. The number of rotatable bonds is 5. The van der Waals surface area contributed by atoms with Crippen LogP contribution in [0, 0.1) is 5.92 Å². The van der Waals surface area contributed by atoms with Crippen molar-refractivity contribution < 1.29 is 17.9 Å². The van der Waals surface area contributed by atoms with Gasteiger partial charge in [-0.3, -0.25) is 0 Å². The molecule has 1 fully saturated rings. The highest BCUT2D eigenvalue weighted by Gasteiger charge is 2.26.